The number of aliphatic carboxylic acids is 1. The van der Waals surface area contributed by atoms with Gasteiger partial charge in [0.05, 0.1) is 20.1 Å². The Balaban J connectivity index is 3.77. The van der Waals surface area contributed by atoms with Gasteiger partial charge in [0.1, 0.15) is 18.7 Å². The molecule has 0 aromatic rings. The Morgan fingerprint density at radius 2 is 1.36 bits per heavy atom. The van der Waals surface area contributed by atoms with E-state index < -0.39 is 18.1 Å². The molecule has 0 heterocycles. The molecule has 0 fully saturated rings. The van der Waals surface area contributed by atoms with Crippen LogP contribution in [0.2, 0.25) is 0 Å². The summed E-state index contributed by atoms with van der Waals surface area (Å²) in [7, 11) is 3.79. The van der Waals surface area contributed by atoms with Gasteiger partial charge in [0.2, 0.25) is 0 Å². The second-order valence-corrected chi connectivity index (χ2v) is 9.89. The number of rotatable bonds is 20. The molecule has 5 heteroatoms. The summed E-state index contributed by atoms with van der Waals surface area (Å²) >= 11 is 1.65. The number of hydrogen-bond acceptors (Lipinski definition) is 4. The molecule has 2 unspecified atom stereocenters. The minimum atomic E-state index is -1.00. The number of aliphatic hydroxyl groups is 1. The summed E-state index contributed by atoms with van der Waals surface area (Å²) in [6.07, 6.45) is 18.6. The van der Waals surface area contributed by atoms with Crippen molar-refractivity contribution in [3.05, 3.63) is 0 Å². The highest BCUT2D eigenvalue weighted by Gasteiger charge is 2.31. The molecule has 0 aliphatic rings. The van der Waals surface area contributed by atoms with Gasteiger partial charge in [-0.15, -0.1) is 0 Å². The van der Waals surface area contributed by atoms with Crippen molar-refractivity contribution in [1.82, 2.24) is 0 Å². The van der Waals surface area contributed by atoms with Crippen molar-refractivity contribution in [2.24, 2.45) is 0 Å². The third-order valence-corrected chi connectivity index (χ3v) is 6.43. The Morgan fingerprint density at radius 1 is 0.893 bits per heavy atom. The summed E-state index contributed by atoms with van der Waals surface area (Å²) in [6, 6.07) is -0.552. The Labute approximate surface area is 179 Å². The number of nitrogens with zero attached hydrogens (tertiary/aromatic N) is 1. The van der Waals surface area contributed by atoms with E-state index in [1.54, 1.807) is 11.8 Å². The molecular formula is C23H47NO3S. The van der Waals surface area contributed by atoms with E-state index in [-0.39, 0.29) is 0 Å². The van der Waals surface area contributed by atoms with Crippen LogP contribution in [-0.2, 0) is 4.79 Å². The molecule has 0 saturated heterocycles. The smallest absolute Gasteiger partial charge is 0.130 e. The molecule has 0 aliphatic heterocycles. The van der Waals surface area contributed by atoms with Crippen LogP contribution < -0.4 is 5.11 Å². The highest BCUT2D eigenvalue weighted by atomic mass is 32.2. The highest BCUT2D eigenvalue weighted by molar-refractivity contribution is 7.98. The molecule has 0 amide bonds. The maximum atomic E-state index is 11.5. The van der Waals surface area contributed by atoms with Crippen molar-refractivity contribution in [3.63, 3.8) is 0 Å². The van der Waals surface area contributed by atoms with Crippen LogP contribution in [0.15, 0.2) is 0 Å². The fourth-order valence-corrected chi connectivity index (χ4v) is 4.42. The van der Waals surface area contributed by atoms with E-state index >= 15 is 0 Å². The SMILES string of the molecule is CCCCCCCCCCCCCCC(O)C[N+](C)(C)C(CCSC)C(=O)[O-]. The molecule has 0 bridgehead atoms. The van der Waals surface area contributed by atoms with Crippen molar-refractivity contribution in [2.45, 2.75) is 109 Å². The standard InChI is InChI=1S/C23H47NO3S/c1-5-6-7-8-9-10-11-12-13-14-15-16-17-21(25)20-24(2,3)22(23(26)27)18-19-28-4/h21-22,25H,5-20H2,1-4H3. The fourth-order valence-electron chi connectivity index (χ4n) is 3.96. The number of likely N-dealkylation sites (N-methyl/N-ethyl adjacent to an activating group) is 1. The van der Waals surface area contributed by atoms with Crippen molar-refractivity contribution in [3.8, 4) is 0 Å². The van der Waals surface area contributed by atoms with Crippen LogP contribution in [0.3, 0.4) is 0 Å². The number of carboxylic acids is 1. The van der Waals surface area contributed by atoms with Crippen molar-refractivity contribution in [1.29, 1.82) is 0 Å². The minimum Gasteiger partial charge on any atom is -0.544 e. The van der Waals surface area contributed by atoms with Gasteiger partial charge in [0.15, 0.2) is 0 Å². The van der Waals surface area contributed by atoms with Gasteiger partial charge in [0.25, 0.3) is 0 Å². The first-order chi connectivity index (χ1) is 13.3. The maximum absolute atomic E-state index is 11.5. The number of unbranched alkanes of at least 4 members (excludes halogenated alkanes) is 11. The average molecular weight is 418 g/mol. The zero-order chi connectivity index (χ0) is 21.3. The summed E-state index contributed by atoms with van der Waals surface area (Å²) < 4.78 is 0.294. The van der Waals surface area contributed by atoms with Gasteiger partial charge < -0.3 is 19.5 Å². The van der Waals surface area contributed by atoms with E-state index in [0.29, 0.717) is 17.4 Å². The molecular weight excluding hydrogens is 370 g/mol. The predicted molar refractivity (Wildman–Crippen MR) is 120 cm³/mol. The van der Waals surface area contributed by atoms with Crippen LogP contribution in [0.25, 0.3) is 0 Å². The van der Waals surface area contributed by atoms with Crippen molar-refractivity contribution in [2.75, 3.05) is 32.6 Å². The summed E-state index contributed by atoms with van der Waals surface area (Å²) in [5, 5.41) is 21.9. The van der Waals surface area contributed by atoms with Crippen LogP contribution in [0, 0.1) is 0 Å². The molecule has 0 aliphatic carbocycles. The highest BCUT2D eigenvalue weighted by Crippen LogP contribution is 2.17. The third-order valence-electron chi connectivity index (χ3n) is 5.78. The van der Waals surface area contributed by atoms with Crippen LogP contribution in [0.5, 0.6) is 0 Å². The lowest BCUT2D eigenvalue weighted by Crippen LogP contribution is -2.59. The lowest BCUT2D eigenvalue weighted by Gasteiger charge is -2.40. The Kier molecular flexibility index (Phi) is 17.4. The molecule has 0 radical (unpaired) electrons. The van der Waals surface area contributed by atoms with E-state index in [1.165, 1.54) is 64.2 Å². The molecule has 2 atom stereocenters. The van der Waals surface area contributed by atoms with Gasteiger partial charge in [0, 0.05) is 6.42 Å². The Bertz CT molecular complexity index is 377. The van der Waals surface area contributed by atoms with Gasteiger partial charge in [-0.3, -0.25) is 0 Å². The molecule has 0 rings (SSSR count). The van der Waals surface area contributed by atoms with Crippen LogP contribution >= 0.6 is 11.8 Å². The lowest BCUT2D eigenvalue weighted by atomic mass is 10.0. The maximum Gasteiger partial charge on any atom is 0.130 e. The number of carboxylic acid groups (broad SMARTS) is 1. The van der Waals surface area contributed by atoms with Crippen LogP contribution in [-0.4, -0.2) is 60.4 Å². The molecule has 0 spiro atoms. The van der Waals surface area contributed by atoms with E-state index in [1.807, 2.05) is 20.4 Å². The van der Waals surface area contributed by atoms with Crippen molar-refractivity contribution >= 4 is 17.7 Å². The first-order valence-corrected chi connectivity index (χ1v) is 12.9. The van der Waals surface area contributed by atoms with Crippen molar-refractivity contribution < 1.29 is 19.5 Å². The van der Waals surface area contributed by atoms with E-state index in [0.717, 1.165) is 25.0 Å². The summed E-state index contributed by atoms with van der Waals surface area (Å²) in [6.45, 7) is 2.74. The van der Waals surface area contributed by atoms with E-state index in [9.17, 15) is 15.0 Å². The number of hydrogen-bond donors (Lipinski definition) is 1. The van der Waals surface area contributed by atoms with Crippen LogP contribution in [0.1, 0.15) is 96.8 Å². The zero-order valence-electron chi connectivity index (χ0n) is 19.1. The van der Waals surface area contributed by atoms with E-state index in [4.69, 9.17) is 0 Å². The molecule has 0 aromatic carbocycles. The number of quaternary nitrogens is 1. The summed E-state index contributed by atoms with van der Waals surface area (Å²) in [5.74, 6) is -0.202. The predicted octanol–water partition coefficient (Wildman–Crippen LogP) is 4.39. The number of thioether (sulfide) groups is 1. The zero-order valence-corrected chi connectivity index (χ0v) is 19.9. The fraction of sp³-hybridized carbons (Fsp3) is 0.957. The van der Waals surface area contributed by atoms with Gasteiger partial charge in [-0.25, -0.2) is 0 Å². The third kappa shape index (κ3) is 14.7. The molecule has 4 nitrogen and oxygen atoms in total. The number of aliphatic hydroxyl groups excluding tert-OH is 1. The topological polar surface area (TPSA) is 60.4 Å². The molecule has 0 saturated carbocycles. The molecule has 28 heavy (non-hydrogen) atoms. The first-order valence-electron chi connectivity index (χ1n) is 11.6. The van der Waals surface area contributed by atoms with Gasteiger partial charge in [-0.1, -0.05) is 84.0 Å². The van der Waals surface area contributed by atoms with Gasteiger partial charge in [-0.05, 0) is 18.4 Å². The van der Waals surface area contributed by atoms with E-state index in [2.05, 4.69) is 6.92 Å². The molecule has 168 valence electrons. The molecule has 0 aromatic heterocycles. The Hall–Kier alpha value is -0.260. The quantitative estimate of drug-likeness (QED) is 0.236. The average Bonchev–Trinajstić information content (AvgIpc) is 2.62. The van der Waals surface area contributed by atoms with Gasteiger partial charge >= 0.3 is 0 Å². The number of carbonyl (C=O) groups excluding carboxylic acids is 1. The first kappa shape index (κ1) is 27.7. The lowest BCUT2D eigenvalue weighted by molar-refractivity contribution is -0.911. The second-order valence-electron chi connectivity index (χ2n) is 8.91. The monoisotopic (exact) mass is 417 g/mol. The minimum absolute atomic E-state index is 0.294. The molecule has 1 N–H and O–H groups in total. The van der Waals surface area contributed by atoms with Gasteiger partial charge in [-0.2, -0.15) is 11.8 Å². The Morgan fingerprint density at radius 3 is 1.79 bits per heavy atom. The number of carbonyl (C=O) groups is 1. The van der Waals surface area contributed by atoms with Crippen LogP contribution in [0.4, 0.5) is 0 Å². The summed E-state index contributed by atoms with van der Waals surface area (Å²) in [4.78, 5) is 11.5. The summed E-state index contributed by atoms with van der Waals surface area (Å²) in [5.41, 5.74) is 0. The normalized spacial score (nSPS) is 14.2. The second kappa shape index (κ2) is 17.6. The largest absolute Gasteiger partial charge is 0.544 e.